The Bertz CT molecular complexity index is 941. The van der Waals surface area contributed by atoms with E-state index in [-0.39, 0.29) is 12.0 Å². The van der Waals surface area contributed by atoms with E-state index in [0.717, 1.165) is 41.4 Å². The van der Waals surface area contributed by atoms with Crippen molar-refractivity contribution in [2.45, 2.75) is 38.8 Å². The summed E-state index contributed by atoms with van der Waals surface area (Å²) in [6, 6.07) is 5.95. The van der Waals surface area contributed by atoms with E-state index in [2.05, 4.69) is 39.9 Å². The molecule has 4 rings (SSSR count). The Kier molecular flexibility index (Phi) is 5.92. The Morgan fingerprint density at radius 2 is 2.21 bits per heavy atom. The normalized spacial score (nSPS) is 19.6. The number of rotatable bonds is 7. The van der Waals surface area contributed by atoms with E-state index < -0.39 is 0 Å². The standard InChI is InChI=1S/C21H29N7O/c1-14(2)17-12-26-28-20(25-10-15-4-3-6-22-9-15)8-19(27-21(17)28)24-11-16-5-7-23-13-18(16)29/h3-4,6,8-9,12,14,16,18,23,25,29H,5,7,10-11,13H2,1-2H3,(H,24,27)/t16-,18+/m1/s1. The van der Waals surface area contributed by atoms with E-state index >= 15 is 0 Å². The number of β-amino-alcohol motifs (C(OH)–C–C–N with tert-alkyl or cyclic N) is 1. The van der Waals surface area contributed by atoms with Crippen LogP contribution in [0.15, 0.2) is 36.8 Å². The third kappa shape index (κ3) is 4.49. The molecule has 0 aromatic carbocycles. The minimum Gasteiger partial charge on any atom is -0.391 e. The molecule has 3 aromatic rings. The number of aromatic nitrogens is 4. The topological polar surface area (TPSA) is 99.4 Å². The van der Waals surface area contributed by atoms with Crippen molar-refractivity contribution in [3.63, 3.8) is 0 Å². The summed E-state index contributed by atoms with van der Waals surface area (Å²) >= 11 is 0. The summed E-state index contributed by atoms with van der Waals surface area (Å²) in [6.45, 7) is 7.22. The highest BCUT2D eigenvalue weighted by Gasteiger charge is 2.23. The Morgan fingerprint density at radius 3 is 2.97 bits per heavy atom. The van der Waals surface area contributed by atoms with Gasteiger partial charge in [-0.15, -0.1) is 0 Å². The molecule has 0 amide bonds. The molecule has 8 nitrogen and oxygen atoms in total. The third-order valence-electron chi connectivity index (χ3n) is 5.45. The van der Waals surface area contributed by atoms with Gasteiger partial charge in [-0.3, -0.25) is 4.98 Å². The van der Waals surface area contributed by atoms with E-state index in [4.69, 9.17) is 4.98 Å². The first-order chi connectivity index (χ1) is 14.1. The maximum atomic E-state index is 10.2. The molecule has 0 bridgehead atoms. The van der Waals surface area contributed by atoms with Crippen molar-refractivity contribution in [1.82, 2.24) is 24.9 Å². The number of aliphatic hydroxyl groups excluding tert-OH is 1. The number of piperidine rings is 1. The number of hydrogen-bond donors (Lipinski definition) is 4. The van der Waals surface area contributed by atoms with Crippen LogP contribution >= 0.6 is 0 Å². The molecule has 8 heteroatoms. The van der Waals surface area contributed by atoms with Crippen LogP contribution in [-0.2, 0) is 6.54 Å². The largest absolute Gasteiger partial charge is 0.391 e. The number of aliphatic hydroxyl groups is 1. The van der Waals surface area contributed by atoms with Gasteiger partial charge in [-0.25, -0.2) is 4.98 Å². The molecule has 1 fully saturated rings. The number of pyridine rings is 1. The molecule has 4 heterocycles. The second kappa shape index (κ2) is 8.75. The molecule has 1 saturated heterocycles. The second-order valence-electron chi connectivity index (χ2n) is 7.93. The van der Waals surface area contributed by atoms with Crippen LogP contribution in [0.4, 0.5) is 11.6 Å². The van der Waals surface area contributed by atoms with Crippen LogP contribution in [0.1, 0.15) is 37.3 Å². The van der Waals surface area contributed by atoms with Gasteiger partial charge >= 0.3 is 0 Å². The fraction of sp³-hybridized carbons (Fsp3) is 0.476. The molecule has 0 unspecified atom stereocenters. The molecule has 2 atom stereocenters. The number of fused-ring (bicyclic) bond motifs is 1. The van der Waals surface area contributed by atoms with Crippen LogP contribution < -0.4 is 16.0 Å². The molecule has 0 aliphatic carbocycles. The SMILES string of the molecule is CC(C)c1cnn2c(NCc3cccnc3)cc(NC[C@H]3CCNC[C@@H]3O)nc12. The summed E-state index contributed by atoms with van der Waals surface area (Å²) in [7, 11) is 0. The lowest BCUT2D eigenvalue weighted by atomic mass is 9.95. The average Bonchev–Trinajstić information content (AvgIpc) is 3.16. The van der Waals surface area contributed by atoms with Gasteiger partial charge in [0.15, 0.2) is 5.65 Å². The first-order valence-corrected chi connectivity index (χ1v) is 10.3. The summed E-state index contributed by atoms with van der Waals surface area (Å²) in [5, 5.41) is 24.9. The molecule has 3 aromatic heterocycles. The van der Waals surface area contributed by atoms with E-state index in [0.29, 0.717) is 25.6 Å². The lowest BCUT2D eigenvalue weighted by molar-refractivity contribution is 0.0883. The van der Waals surface area contributed by atoms with Crippen molar-refractivity contribution < 1.29 is 5.11 Å². The highest BCUT2D eigenvalue weighted by molar-refractivity contribution is 5.61. The number of nitrogens with one attached hydrogen (secondary N) is 3. The molecule has 1 aliphatic rings. The third-order valence-corrected chi connectivity index (χ3v) is 5.45. The molecule has 0 saturated carbocycles. The zero-order valence-electron chi connectivity index (χ0n) is 17.0. The molecule has 1 aliphatic heterocycles. The van der Waals surface area contributed by atoms with E-state index in [1.165, 1.54) is 0 Å². The van der Waals surface area contributed by atoms with Crippen LogP contribution in [0.2, 0.25) is 0 Å². The molecular formula is C21H29N7O. The lowest BCUT2D eigenvalue weighted by Crippen LogP contribution is -2.43. The predicted octanol–water partition coefficient (Wildman–Crippen LogP) is 2.24. The first-order valence-electron chi connectivity index (χ1n) is 10.3. The van der Waals surface area contributed by atoms with Gasteiger partial charge in [0.05, 0.1) is 12.3 Å². The van der Waals surface area contributed by atoms with Crippen LogP contribution in [0.3, 0.4) is 0 Å². The van der Waals surface area contributed by atoms with E-state index in [1.54, 1.807) is 6.20 Å². The van der Waals surface area contributed by atoms with Gasteiger partial charge < -0.3 is 21.1 Å². The van der Waals surface area contributed by atoms with Gasteiger partial charge in [-0.1, -0.05) is 19.9 Å². The van der Waals surface area contributed by atoms with Crippen molar-refractivity contribution in [1.29, 1.82) is 0 Å². The van der Waals surface area contributed by atoms with Gasteiger partial charge in [0.25, 0.3) is 0 Å². The van der Waals surface area contributed by atoms with E-state index in [1.807, 2.05) is 35.1 Å². The van der Waals surface area contributed by atoms with Gasteiger partial charge in [0, 0.05) is 49.6 Å². The van der Waals surface area contributed by atoms with Crippen LogP contribution in [0.25, 0.3) is 5.65 Å². The summed E-state index contributed by atoms with van der Waals surface area (Å²) in [6.07, 6.45) is 6.14. The van der Waals surface area contributed by atoms with Crippen molar-refractivity contribution >= 4 is 17.3 Å². The Labute approximate surface area is 170 Å². The first kappa shape index (κ1) is 19.6. The van der Waals surface area contributed by atoms with Crippen molar-refractivity contribution in [3.8, 4) is 0 Å². The van der Waals surface area contributed by atoms with Gasteiger partial charge in [0.2, 0.25) is 0 Å². The van der Waals surface area contributed by atoms with Gasteiger partial charge in [-0.2, -0.15) is 9.61 Å². The Hall–Kier alpha value is -2.71. The number of hydrogen-bond acceptors (Lipinski definition) is 7. The van der Waals surface area contributed by atoms with E-state index in [9.17, 15) is 5.11 Å². The van der Waals surface area contributed by atoms with Crippen LogP contribution in [0, 0.1) is 5.92 Å². The molecular weight excluding hydrogens is 366 g/mol. The van der Waals surface area contributed by atoms with Crippen molar-refractivity contribution in [2.75, 3.05) is 30.3 Å². The number of nitrogens with zero attached hydrogens (tertiary/aromatic N) is 4. The smallest absolute Gasteiger partial charge is 0.163 e. The molecule has 0 radical (unpaired) electrons. The summed E-state index contributed by atoms with van der Waals surface area (Å²) < 4.78 is 1.86. The molecule has 154 valence electrons. The van der Waals surface area contributed by atoms with Crippen molar-refractivity contribution in [2.24, 2.45) is 5.92 Å². The Balaban J connectivity index is 1.58. The minimum absolute atomic E-state index is 0.218. The Morgan fingerprint density at radius 1 is 1.31 bits per heavy atom. The zero-order valence-corrected chi connectivity index (χ0v) is 17.0. The summed E-state index contributed by atoms with van der Waals surface area (Å²) in [5.74, 6) is 2.21. The second-order valence-corrected chi connectivity index (χ2v) is 7.93. The van der Waals surface area contributed by atoms with Gasteiger partial charge in [-0.05, 0) is 30.5 Å². The quantitative estimate of drug-likeness (QED) is 0.487. The lowest BCUT2D eigenvalue weighted by Gasteiger charge is -2.28. The van der Waals surface area contributed by atoms with Gasteiger partial charge in [0.1, 0.15) is 11.6 Å². The average molecular weight is 396 g/mol. The predicted molar refractivity (Wildman–Crippen MR) is 114 cm³/mol. The summed E-state index contributed by atoms with van der Waals surface area (Å²) in [4.78, 5) is 9.00. The highest BCUT2D eigenvalue weighted by Crippen LogP contribution is 2.25. The fourth-order valence-corrected chi connectivity index (χ4v) is 3.67. The molecule has 4 N–H and O–H groups in total. The van der Waals surface area contributed by atoms with Crippen LogP contribution in [-0.4, -0.2) is 50.4 Å². The molecule has 0 spiro atoms. The summed E-state index contributed by atoms with van der Waals surface area (Å²) in [5.41, 5.74) is 3.06. The van der Waals surface area contributed by atoms with Crippen LogP contribution in [0.5, 0.6) is 0 Å². The highest BCUT2D eigenvalue weighted by atomic mass is 16.3. The number of anilines is 2. The van der Waals surface area contributed by atoms with Crippen molar-refractivity contribution in [3.05, 3.63) is 47.9 Å². The molecule has 29 heavy (non-hydrogen) atoms. The zero-order chi connectivity index (χ0) is 20.2. The maximum Gasteiger partial charge on any atom is 0.163 e. The monoisotopic (exact) mass is 395 g/mol. The maximum absolute atomic E-state index is 10.2. The minimum atomic E-state index is -0.329. The fourth-order valence-electron chi connectivity index (χ4n) is 3.67.